The summed E-state index contributed by atoms with van der Waals surface area (Å²) in [5.41, 5.74) is 2.60. The molecule has 3 aromatic rings. The highest BCUT2D eigenvalue weighted by Crippen LogP contribution is 2.33. The minimum atomic E-state index is -0.568. The predicted molar refractivity (Wildman–Crippen MR) is 125 cm³/mol. The maximum Gasteiger partial charge on any atom is 0.253 e. The van der Waals surface area contributed by atoms with Crippen molar-refractivity contribution in [3.05, 3.63) is 71.2 Å². The Bertz CT molecular complexity index is 1180. The van der Waals surface area contributed by atoms with E-state index in [2.05, 4.69) is 5.32 Å². The van der Waals surface area contributed by atoms with E-state index in [1.54, 1.807) is 18.3 Å². The molecule has 1 heterocycles. The number of carbonyl (C=O) groups is 2. The largest absolute Gasteiger partial charge is 0.391 e. The third-order valence-corrected chi connectivity index (χ3v) is 6.95. The fourth-order valence-electron chi connectivity index (χ4n) is 4.83. The van der Waals surface area contributed by atoms with Crippen molar-refractivity contribution in [3.8, 4) is 0 Å². The lowest BCUT2D eigenvalue weighted by atomic mass is 9.92. The van der Waals surface area contributed by atoms with Gasteiger partial charge in [-0.15, -0.1) is 0 Å². The summed E-state index contributed by atoms with van der Waals surface area (Å²) in [7, 11) is 0. The summed E-state index contributed by atoms with van der Waals surface area (Å²) >= 11 is 0. The van der Waals surface area contributed by atoms with Crippen LogP contribution in [0.1, 0.15) is 71.2 Å². The number of aromatic nitrogens is 1. The zero-order valence-electron chi connectivity index (χ0n) is 18.6. The lowest BCUT2D eigenvalue weighted by Crippen LogP contribution is -2.45. The summed E-state index contributed by atoms with van der Waals surface area (Å²) in [6, 6.07) is 12.0. The van der Waals surface area contributed by atoms with E-state index in [1.165, 1.54) is 6.07 Å². The van der Waals surface area contributed by atoms with E-state index in [-0.39, 0.29) is 28.7 Å². The number of rotatable bonds is 7. The van der Waals surface area contributed by atoms with Crippen LogP contribution >= 0.6 is 0 Å². The topological polar surface area (TPSA) is 71.3 Å². The van der Waals surface area contributed by atoms with Gasteiger partial charge in [-0.25, -0.2) is 4.39 Å². The number of halogens is 1. The van der Waals surface area contributed by atoms with Gasteiger partial charge in [-0.3, -0.25) is 9.59 Å². The monoisotopic (exact) mass is 448 g/mol. The van der Waals surface area contributed by atoms with E-state index in [0.29, 0.717) is 30.8 Å². The molecule has 6 heteroatoms. The first-order valence-electron chi connectivity index (χ1n) is 11.9. The van der Waals surface area contributed by atoms with E-state index >= 15 is 0 Å². The normalized spacial score (nSPS) is 20.7. The molecule has 0 aliphatic heterocycles. The predicted octanol–water partition coefficient (Wildman–Crippen LogP) is 4.84. The molecule has 2 aliphatic rings. The van der Waals surface area contributed by atoms with Crippen molar-refractivity contribution in [3.63, 3.8) is 0 Å². The molecule has 0 unspecified atom stereocenters. The maximum absolute atomic E-state index is 14.8. The standard InChI is InChI=1S/C27H29FN2O3/c28-21-4-3-6-23-26(21)20(27(33)29-22-5-1-2-7-24(22)31)16-30(23)15-18-10-12-19(13-11-18)25(32)14-17-8-9-17/h3-4,6,10-13,16-17,22,24,31H,1-2,5,7-9,14-15H2,(H,29,33)/t22-,24-/m0/s1. The Balaban J connectivity index is 1.39. The smallest absolute Gasteiger partial charge is 0.253 e. The number of ketones is 1. The Hall–Kier alpha value is -2.99. The van der Waals surface area contributed by atoms with E-state index < -0.39 is 11.9 Å². The third-order valence-electron chi connectivity index (χ3n) is 6.95. The number of Topliss-reactive ketones (excluding diaryl/α,β-unsaturated/α-hetero) is 1. The summed E-state index contributed by atoms with van der Waals surface area (Å²) in [4.78, 5) is 25.4. The average molecular weight is 449 g/mol. The van der Waals surface area contributed by atoms with Gasteiger partial charge >= 0.3 is 0 Å². The van der Waals surface area contributed by atoms with E-state index in [0.717, 1.165) is 43.2 Å². The van der Waals surface area contributed by atoms with E-state index in [9.17, 15) is 19.1 Å². The van der Waals surface area contributed by atoms with Crippen LogP contribution in [0.3, 0.4) is 0 Å². The SMILES string of the molecule is O=C(CC1CC1)c1ccc(Cn2cc(C(=O)N[C@H]3CCCC[C@@H]3O)c3c(F)cccc32)cc1. The lowest BCUT2D eigenvalue weighted by molar-refractivity contribution is 0.0718. The molecule has 0 radical (unpaired) electrons. The van der Waals surface area contributed by atoms with E-state index in [4.69, 9.17) is 0 Å². The number of aliphatic hydroxyl groups excluding tert-OH is 1. The number of hydrogen-bond donors (Lipinski definition) is 2. The van der Waals surface area contributed by atoms with Crippen LogP contribution in [0.25, 0.3) is 10.9 Å². The molecule has 1 aromatic heterocycles. The third kappa shape index (κ3) is 4.71. The van der Waals surface area contributed by atoms with Crippen molar-refractivity contribution < 1.29 is 19.1 Å². The van der Waals surface area contributed by atoms with Crippen molar-refractivity contribution in [2.75, 3.05) is 0 Å². The second kappa shape index (κ2) is 9.10. The first-order valence-corrected chi connectivity index (χ1v) is 11.9. The Labute approximate surface area is 192 Å². The second-order valence-electron chi connectivity index (χ2n) is 9.50. The van der Waals surface area contributed by atoms with Crippen molar-refractivity contribution in [2.45, 2.75) is 63.6 Å². The van der Waals surface area contributed by atoms with Crippen LogP contribution < -0.4 is 5.32 Å². The van der Waals surface area contributed by atoms with Crippen molar-refractivity contribution in [2.24, 2.45) is 5.92 Å². The van der Waals surface area contributed by atoms with Gasteiger partial charge in [-0.1, -0.05) is 43.2 Å². The Kier molecular flexibility index (Phi) is 6.02. The number of benzene rings is 2. The fraction of sp³-hybridized carbons (Fsp3) is 0.407. The van der Waals surface area contributed by atoms with Crippen molar-refractivity contribution >= 4 is 22.6 Å². The molecule has 2 atom stereocenters. The van der Waals surface area contributed by atoms with Gasteiger partial charge in [0.1, 0.15) is 5.82 Å². The molecule has 0 spiro atoms. The number of carbonyl (C=O) groups excluding carboxylic acids is 2. The highest BCUT2D eigenvalue weighted by molar-refractivity contribution is 6.07. The van der Waals surface area contributed by atoms with Gasteiger partial charge in [-0.05, 0) is 49.3 Å². The minimum absolute atomic E-state index is 0.182. The molecule has 2 aromatic carbocycles. The Morgan fingerprint density at radius 2 is 1.79 bits per heavy atom. The molecule has 2 N–H and O–H groups in total. The number of nitrogens with zero attached hydrogens (tertiary/aromatic N) is 1. The van der Waals surface area contributed by atoms with Crippen LogP contribution in [0.15, 0.2) is 48.7 Å². The van der Waals surface area contributed by atoms with Crippen molar-refractivity contribution in [1.29, 1.82) is 0 Å². The highest BCUT2D eigenvalue weighted by Gasteiger charge is 2.27. The molecule has 2 saturated carbocycles. The maximum atomic E-state index is 14.8. The minimum Gasteiger partial charge on any atom is -0.391 e. The molecular weight excluding hydrogens is 419 g/mol. The Morgan fingerprint density at radius 3 is 2.52 bits per heavy atom. The zero-order chi connectivity index (χ0) is 22.9. The van der Waals surface area contributed by atoms with Gasteiger partial charge in [0.05, 0.1) is 23.2 Å². The second-order valence-corrected chi connectivity index (χ2v) is 9.50. The number of nitrogens with one attached hydrogen (secondary N) is 1. The van der Waals surface area contributed by atoms with Crippen molar-refractivity contribution in [1.82, 2.24) is 9.88 Å². The summed E-state index contributed by atoms with van der Waals surface area (Å²) in [5, 5.41) is 13.4. The molecule has 2 aliphatic carbocycles. The van der Waals surface area contributed by atoms with Crippen LogP contribution in [-0.4, -0.2) is 33.5 Å². The molecule has 5 nitrogen and oxygen atoms in total. The summed E-state index contributed by atoms with van der Waals surface area (Å²) in [5.74, 6) is -0.0728. The van der Waals surface area contributed by atoms with Crippen LogP contribution in [0.2, 0.25) is 0 Å². The summed E-state index contributed by atoms with van der Waals surface area (Å²) in [6.07, 6.45) is 7.33. The zero-order valence-corrected chi connectivity index (χ0v) is 18.6. The molecule has 0 saturated heterocycles. The first kappa shape index (κ1) is 21.8. The van der Waals surface area contributed by atoms with Gasteiger partial charge in [0, 0.05) is 30.1 Å². The molecule has 5 rings (SSSR count). The number of hydrogen-bond acceptors (Lipinski definition) is 3. The van der Waals surface area contributed by atoms with Crippen LogP contribution in [0.4, 0.5) is 4.39 Å². The number of amides is 1. The highest BCUT2D eigenvalue weighted by atomic mass is 19.1. The molecule has 33 heavy (non-hydrogen) atoms. The van der Waals surface area contributed by atoms with E-state index in [1.807, 2.05) is 28.8 Å². The van der Waals surface area contributed by atoms with Gasteiger partial charge in [-0.2, -0.15) is 0 Å². The summed E-state index contributed by atoms with van der Waals surface area (Å²) in [6.45, 7) is 0.455. The lowest BCUT2D eigenvalue weighted by Gasteiger charge is -2.28. The van der Waals surface area contributed by atoms with Crippen LogP contribution in [-0.2, 0) is 6.54 Å². The molecule has 1 amide bonds. The molecular formula is C27H29FN2O3. The Morgan fingerprint density at radius 1 is 1.03 bits per heavy atom. The summed E-state index contributed by atoms with van der Waals surface area (Å²) < 4.78 is 16.7. The van der Waals surface area contributed by atoms with Gasteiger partial charge < -0.3 is 15.0 Å². The molecule has 2 fully saturated rings. The van der Waals surface area contributed by atoms with Gasteiger partial charge in [0.25, 0.3) is 5.91 Å². The van der Waals surface area contributed by atoms with Gasteiger partial charge in [0.2, 0.25) is 0 Å². The first-order chi connectivity index (χ1) is 16.0. The fourth-order valence-corrected chi connectivity index (χ4v) is 4.83. The number of aliphatic hydroxyl groups is 1. The van der Waals surface area contributed by atoms with Crippen LogP contribution in [0, 0.1) is 11.7 Å². The van der Waals surface area contributed by atoms with Gasteiger partial charge in [0.15, 0.2) is 5.78 Å². The van der Waals surface area contributed by atoms with Crippen LogP contribution in [0.5, 0.6) is 0 Å². The molecule has 172 valence electrons. The molecule has 0 bridgehead atoms. The average Bonchev–Trinajstić information content (AvgIpc) is 3.55. The quantitative estimate of drug-likeness (QED) is 0.508. The number of fused-ring (bicyclic) bond motifs is 1.